The van der Waals surface area contributed by atoms with E-state index in [0.29, 0.717) is 11.9 Å². The zero-order valence-corrected chi connectivity index (χ0v) is 12.7. The molecule has 0 unspecified atom stereocenters. The maximum Gasteiger partial charge on any atom is 0.339 e. The van der Waals surface area contributed by atoms with Gasteiger partial charge in [0, 0.05) is 26.2 Å². The van der Waals surface area contributed by atoms with E-state index in [9.17, 15) is 4.79 Å². The smallest absolute Gasteiger partial charge is 0.339 e. The predicted octanol–water partition coefficient (Wildman–Crippen LogP) is 2.39. The van der Waals surface area contributed by atoms with E-state index in [-0.39, 0.29) is 5.56 Å². The van der Waals surface area contributed by atoms with Crippen LogP contribution < -0.4 is 4.74 Å². The van der Waals surface area contributed by atoms with Crippen molar-refractivity contribution in [1.82, 2.24) is 4.90 Å². The van der Waals surface area contributed by atoms with Gasteiger partial charge in [0.05, 0.1) is 13.2 Å². The van der Waals surface area contributed by atoms with Crippen molar-refractivity contribution in [3.63, 3.8) is 0 Å². The number of carbonyl (C=O) groups is 1. The topological polar surface area (TPSA) is 59.0 Å². The average Bonchev–Trinajstić information content (AvgIpc) is 2.49. The highest BCUT2D eigenvalue weighted by atomic mass is 16.5. The molecule has 1 aromatic rings. The summed E-state index contributed by atoms with van der Waals surface area (Å²) >= 11 is 0. The van der Waals surface area contributed by atoms with Crippen LogP contribution in [0, 0.1) is 0 Å². The van der Waals surface area contributed by atoms with Crippen molar-refractivity contribution in [3.05, 3.63) is 29.3 Å². The van der Waals surface area contributed by atoms with Gasteiger partial charge in [-0.25, -0.2) is 4.79 Å². The van der Waals surface area contributed by atoms with E-state index < -0.39 is 5.97 Å². The fourth-order valence-corrected chi connectivity index (χ4v) is 2.74. The molecule has 0 bridgehead atoms. The molecule has 0 amide bonds. The van der Waals surface area contributed by atoms with Crippen molar-refractivity contribution in [2.45, 2.75) is 32.4 Å². The Labute approximate surface area is 125 Å². The van der Waals surface area contributed by atoms with E-state index in [1.807, 2.05) is 19.1 Å². The van der Waals surface area contributed by atoms with Gasteiger partial charge in [0.25, 0.3) is 0 Å². The predicted molar refractivity (Wildman–Crippen MR) is 79.9 cm³/mol. The van der Waals surface area contributed by atoms with Gasteiger partial charge in [0.1, 0.15) is 11.3 Å². The molecule has 2 rings (SSSR count). The normalized spacial score (nSPS) is 16.9. The fraction of sp³-hybridized carbons (Fsp3) is 0.562. The summed E-state index contributed by atoms with van der Waals surface area (Å²) in [4.78, 5) is 13.4. The lowest BCUT2D eigenvalue weighted by Crippen LogP contribution is -2.36. The summed E-state index contributed by atoms with van der Waals surface area (Å²) in [6.45, 7) is 5.64. The SMILES string of the molecule is CCOC1CCN(Cc2ccc(C(=O)O)c(OC)c2)CC1. The molecule has 0 spiro atoms. The van der Waals surface area contributed by atoms with Gasteiger partial charge >= 0.3 is 5.97 Å². The first kappa shape index (κ1) is 15.8. The van der Waals surface area contributed by atoms with Gasteiger partial charge in [0.2, 0.25) is 0 Å². The first-order valence-corrected chi connectivity index (χ1v) is 7.38. The van der Waals surface area contributed by atoms with Crippen molar-refractivity contribution in [3.8, 4) is 5.75 Å². The lowest BCUT2D eigenvalue weighted by molar-refractivity contribution is 0.0125. The number of methoxy groups -OCH3 is 1. The fourth-order valence-electron chi connectivity index (χ4n) is 2.74. The number of carboxylic acids is 1. The van der Waals surface area contributed by atoms with Crippen molar-refractivity contribution in [2.75, 3.05) is 26.8 Å². The zero-order chi connectivity index (χ0) is 15.2. The van der Waals surface area contributed by atoms with Crippen LogP contribution in [0.1, 0.15) is 35.7 Å². The minimum absolute atomic E-state index is 0.205. The molecule has 1 aliphatic heterocycles. The van der Waals surface area contributed by atoms with E-state index >= 15 is 0 Å². The van der Waals surface area contributed by atoms with Crippen LogP contribution in [0.2, 0.25) is 0 Å². The second-order valence-electron chi connectivity index (χ2n) is 5.27. The minimum Gasteiger partial charge on any atom is -0.496 e. The second-order valence-corrected chi connectivity index (χ2v) is 5.27. The van der Waals surface area contributed by atoms with Gasteiger partial charge in [0.15, 0.2) is 0 Å². The molecule has 1 heterocycles. The lowest BCUT2D eigenvalue weighted by atomic mass is 10.1. The highest BCUT2D eigenvalue weighted by Gasteiger charge is 2.20. The Balaban J connectivity index is 1.96. The molecule has 0 atom stereocenters. The van der Waals surface area contributed by atoms with Crippen LogP contribution in [0.3, 0.4) is 0 Å². The van der Waals surface area contributed by atoms with Crippen molar-refractivity contribution in [2.24, 2.45) is 0 Å². The summed E-state index contributed by atoms with van der Waals surface area (Å²) in [5.41, 5.74) is 1.28. The molecular formula is C16H23NO4. The molecule has 0 radical (unpaired) electrons. The molecule has 1 aromatic carbocycles. The van der Waals surface area contributed by atoms with Gasteiger partial charge in [-0.3, -0.25) is 4.90 Å². The molecule has 21 heavy (non-hydrogen) atoms. The highest BCUT2D eigenvalue weighted by Crippen LogP contribution is 2.22. The van der Waals surface area contributed by atoms with Gasteiger partial charge in [-0.05, 0) is 37.5 Å². The Bertz CT molecular complexity index is 481. The third kappa shape index (κ3) is 4.19. The number of hydrogen-bond donors (Lipinski definition) is 1. The summed E-state index contributed by atoms with van der Waals surface area (Å²) in [6, 6.07) is 5.29. The maximum atomic E-state index is 11.1. The van der Waals surface area contributed by atoms with Crippen LogP contribution in [0.15, 0.2) is 18.2 Å². The van der Waals surface area contributed by atoms with E-state index in [1.165, 1.54) is 7.11 Å². The number of ether oxygens (including phenoxy) is 2. The number of carboxylic acid groups (broad SMARTS) is 1. The van der Waals surface area contributed by atoms with Gasteiger partial charge in [-0.2, -0.15) is 0 Å². The molecule has 1 N–H and O–H groups in total. The monoisotopic (exact) mass is 293 g/mol. The largest absolute Gasteiger partial charge is 0.496 e. The summed E-state index contributed by atoms with van der Waals surface area (Å²) in [7, 11) is 1.50. The first-order chi connectivity index (χ1) is 10.1. The summed E-state index contributed by atoms with van der Waals surface area (Å²) < 4.78 is 10.8. The summed E-state index contributed by atoms with van der Waals surface area (Å²) in [6.07, 6.45) is 2.49. The number of nitrogens with zero attached hydrogens (tertiary/aromatic N) is 1. The number of benzene rings is 1. The Hall–Kier alpha value is -1.59. The molecule has 1 aliphatic rings. The van der Waals surface area contributed by atoms with Crippen molar-refractivity contribution < 1.29 is 19.4 Å². The van der Waals surface area contributed by atoms with E-state index in [1.54, 1.807) is 6.07 Å². The standard InChI is InChI=1S/C16H23NO4/c1-3-21-13-6-8-17(9-7-13)11-12-4-5-14(16(18)19)15(10-12)20-2/h4-5,10,13H,3,6-9,11H2,1-2H3,(H,18,19). The molecule has 0 aromatic heterocycles. The molecular weight excluding hydrogens is 270 g/mol. The number of likely N-dealkylation sites (tertiary alicyclic amines) is 1. The lowest BCUT2D eigenvalue weighted by Gasteiger charge is -2.31. The summed E-state index contributed by atoms with van der Waals surface area (Å²) in [5, 5.41) is 9.08. The van der Waals surface area contributed by atoms with Crippen LogP contribution >= 0.6 is 0 Å². The Morgan fingerprint density at radius 3 is 2.67 bits per heavy atom. The summed E-state index contributed by atoms with van der Waals surface area (Å²) in [5.74, 6) is -0.542. The maximum absolute atomic E-state index is 11.1. The molecule has 0 saturated carbocycles. The zero-order valence-electron chi connectivity index (χ0n) is 12.7. The van der Waals surface area contributed by atoms with E-state index in [0.717, 1.165) is 44.6 Å². The number of piperidine rings is 1. The Kier molecular flexibility index (Phi) is 5.59. The Morgan fingerprint density at radius 2 is 2.10 bits per heavy atom. The molecule has 0 aliphatic carbocycles. The number of aromatic carboxylic acids is 1. The first-order valence-electron chi connectivity index (χ1n) is 7.38. The number of rotatable bonds is 6. The molecule has 116 valence electrons. The number of hydrogen-bond acceptors (Lipinski definition) is 4. The second kappa shape index (κ2) is 7.43. The van der Waals surface area contributed by atoms with Crippen LogP contribution in [0.25, 0.3) is 0 Å². The molecule has 5 heteroatoms. The van der Waals surface area contributed by atoms with E-state index in [2.05, 4.69) is 4.90 Å². The van der Waals surface area contributed by atoms with Crippen LogP contribution in [0.4, 0.5) is 0 Å². The van der Waals surface area contributed by atoms with Crippen LogP contribution in [-0.2, 0) is 11.3 Å². The molecule has 1 fully saturated rings. The third-order valence-electron chi connectivity index (χ3n) is 3.84. The quantitative estimate of drug-likeness (QED) is 0.872. The molecule has 1 saturated heterocycles. The van der Waals surface area contributed by atoms with Gasteiger partial charge in [-0.15, -0.1) is 0 Å². The van der Waals surface area contributed by atoms with Crippen LogP contribution in [-0.4, -0.2) is 48.9 Å². The van der Waals surface area contributed by atoms with Crippen LogP contribution in [0.5, 0.6) is 5.75 Å². The minimum atomic E-state index is -0.962. The van der Waals surface area contributed by atoms with Gasteiger partial charge < -0.3 is 14.6 Å². The van der Waals surface area contributed by atoms with Gasteiger partial charge in [-0.1, -0.05) is 6.07 Å². The van der Waals surface area contributed by atoms with Crippen molar-refractivity contribution >= 4 is 5.97 Å². The third-order valence-corrected chi connectivity index (χ3v) is 3.84. The van der Waals surface area contributed by atoms with E-state index in [4.69, 9.17) is 14.6 Å². The Morgan fingerprint density at radius 1 is 1.38 bits per heavy atom. The van der Waals surface area contributed by atoms with Crippen molar-refractivity contribution in [1.29, 1.82) is 0 Å². The molecule has 5 nitrogen and oxygen atoms in total. The highest BCUT2D eigenvalue weighted by molar-refractivity contribution is 5.90. The average molecular weight is 293 g/mol.